The minimum absolute atomic E-state index is 0.0421. The van der Waals surface area contributed by atoms with Crippen molar-refractivity contribution in [2.24, 2.45) is 0 Å². The van der Waals surface area contributed by atoms with Gasteiger partial charge < -0.3 is 15.0 Å². The number of nitrogens with zero attached hydrogens (tertiary/aromatic N) is 2. The molecule has 1 N–H and O–H groups in total. The Bertz CT molecular complexity index is 492. The number of hydrogen-bond donors (Lipinski definition) is 1. The summed E-state index contributed by atoms with van der Waals surface area (Å²) in [6.45, 7) is 4.78. The minimum atomic E-state index is -0.994. The monoisotopic (exact) mass is 277 g/mol. The van der Waals surface area contributed by atoms with Gasteiger partial charge in [-0.05, 0) is 18.6 Å². The van der Waals surface area contributed by atoms with E-state index in [2.05, 4.69) is 10.3 Å². The van der Waals surface area contributed by atoms with E-state index in [1.807, 2.05) is 12.1 Å². The Morgan fingerprint density at radius 2 is 2.35 bits per heavy atom. The van der Waals surface area contributed by atoms with Crippen LogP contribution in [0.2, 0.25) is 0 Å². The third kappa shape index (κ3) is 3.33. The average molecular weight is 277 g/mol. The van der Waals surface area contributed by atoms with Crippen LogP contribution in [0.1, 0.15) is 19.4 Å². The Balaban J connectivity index is 1.95. The summed E-state index contributed by atoms with van der Waals surface area (Å²) < 4.78 is 5.57. The standard InChI is InChI=1S/C14H19N3O3/c1-11(18)17-6-7-20-14(2,10-17)13(19)16-9-12-4-3-5-15-8-12/h3-5,8H,6-7,9-10H2,1-2H3,(H,16,19). The molecule has 1 fully saturated rings. The van der Waals surface area contributed by atoms with Crippen molar-refractivity contribution >= 4 is 11.8 Å². The second-order valence-electron chi connectivity index (χ2n) is 5.06. The SMILES string of the molecule is CC(=O)N1CCOC(C)(C(=O)NCc2cccnc2)C1. The van der Waals surface area contributed by atoms with Crippen LogP contribution in [0.25, 0.3) is 0 Å². The minimum Gasteiger partial charge on any atom is -0.362 e. The maximum Gasteiger partial charge on any atom is 0.254 e. The summed E-state index contributed by atoms with van der Waals surface area (Å²) in [5.74, 6) is -0.258. The van der Waals surface area contributed by atoms with E-state index >= 15 is 0 Å². The van der Waals surface area contributed by atoms with Gasteiger partial charge in [0.15, 0.2) is 5.60 Å². The van der Waals surface area contributed by atoms with Gasteiger partial charge in [0.25, 0.3) is 5.91 Å². The second-order valence-corrected chi connectivity index (χ2v) is 5.06. The van der Waals surface area contributed by atoms with Crippen LogP contribution in [0.3, 0.4) is 0 Å². The fourth-order valence-corrected chi connectivity index (χ4v) is 2.15. The molecule has 1 aromatic heterocycles. The summed E-state index contributed by atoms with van der Waals surface area (Å²) in [6, 6.07) is 3.71. The molecule has 0 aliphatic carbocycles. The highest BCUT2D eigenvalue weighted by Gasteiger charge is 2.39. The zero-order valence-corrected chi connectivity index (χ0v) is 11.8. The van der Waals surface area contributed by atoms with Crippen LogP contribution >= 0.6 is 0 Å². The quantitative estimate of drug-likeness (QED) is 0.864. The number of morpholine rings is 1. The van der Waals surface area contributed by atoms with Crippen LogP contribution in [0.4, 0.5) is 0 Å². The van der Waals surface area contributed by atoms with Crippen LogP contribution in [-0.4, -0.2) is 47.0 Å². The third-order valence-electron chi connectivity index (χ3n) is 3.38. The molecule has 1 saturated heterocycles. The highest BCUT2D eigenvalue weighted by molar-refractivity contribution is 5.86. The van der Waals surface area contributed by atoms with Crippen molar-refractivity contribution in [3.8, 4) is 0 Å². The number of rotatable bonds is 3. The predicted molar refractivity (Wildman–Crippen MR) is 72.7 cm³/mol. The predicted octanol–water partition coefficient (Wildman–Crippen LogP) is 0.335. The summed E-state index contributed by atoms with van der Waals surface area (Å²) in [4.78, 5) is 29.3. The zero-order chi connectivity index (χ0) is 14.6. The summed E-state index contributed by atoms with van der Waals surface area (Å²) in [5.41, 5.74) is -0.0738. The van der Waals surface area contributed by atoms with E-state index in [-0.39, 0.29) is 18.4 Å². The highest BCUT2D eigenvalue weighted by atomic mass is 16.5. The molecule has 6 nitrogen and oxygen atoms in total. The maximum absolute atomic E-state index is 12.3. The first-order valence-electron chi connectivity index (χ1n) is 6.58. The number of amides is 2. The van der Waals surface area contributed by atoms with E-state index in [1.165, 1.54) is 6.92 Å². The van der Waals surface area contributed by atoms with Crippen LogP contribution in [-0.2, 0) is 20.9 Å². The van der Waals surface area contributed by atoms with Gasteiger partial charge in [0.2, 0.25) is 5.91 Å². The van der Waals surface area contributed by atoms with Crippen molar-refractivity contribution in [3.63, 3.8) is 0 Å². The Morgan fingerprint density at radius 3 is 3.00 bits per heavy atom. The summed E-state index contributed by atoms with van der Waals surface area (Å²) >= 11 is 0. The molecular formula is C14H19N3O3. The number of carbonyl (C=O) groups excluding carboxylic acids is 2. The molecule has 108 valence electrons. The molecule has 1 aromatic rings. The van der Waals surface area contributed by atoms with Crippen LogP contribution < -0.4 is 5.32 Å². The van der Waals surface area contributed by atoms with Gasteiger partial charge in [-0.25, -0.2) is 0 Å². The molecule has 0 saturated carbocycles. The number of carbonyl (C=O) groups is 2. The second kappa shape index (κ2) is 6.00. The first kappa shape index (κ1) is 14.5. The Morgan fingerprint density at radius 1 is 1.55 bits per heavy atom. The molecule has 0 bridgehead atoms. The van der Waals surface area contributed by atoms with Gasteiger partial charge in [0.1, 0.15) is 0 Å². The molecular weight excluding hydrogens is 258 g/mol. The van der Waals surface area contributed by atoms with Crippen molar-refractivity contribution < 1.29 is 14.3 Å². The van der Waals surface area contributed by atoms with Crippen molar-refractivity contribution in [3.05, 3.63) is 30.1 Å². The van der Waals surface area contributed by atoms with E-state index in [4.69, 9.17) is 4.74 Å². The first-order chi connectivity index (χ1) is 9.51. The molecule has 20 heavy (non-hydrogen) atoms. The van der Waals surface area contributed by atoms with Crippen molar-refractivity contribution in [2.45, 2.75) is 26.0 Å². The Labute approximate surface area is 118 Å². The largest absolute Gasteiger partial charge is 0.362 e. The Hall–Kier alpha value is -1.95. The van der Waals surface area contributed by atoms with Crippen molar-refractivity contribution in [2.75, 3.05) is 19.7 Å². The molecule has 1 aliphatic rings. The van der Waals surface area contributed by atoms with Gasteiger partial charge in [0, 0.05) is 32.4 Å². The van der Waals surface area contributed by atoms with Gasteiger partial charge >= 0.3 is 0 Å². The Kier molecular flexibility index (Phi) is 4.34. The molecule has 0 spiro atoms. The van der Waals surface area contributed by atoms with E-state index in [1.54, 1.807) is 24.2 Å². The maximum atomic E-state index is 12.3. The average Bonchev–Trinajstić information content (AvgIpc) is 2.45. The fraction of sp³-hybridized carbons (Fsp3) is 0.500. The van der Waals surface area contributed by atoms with Crippen LogP contribution in [0.15, 0.2) is 24.5 Å². The smallest absolute Gasteiger partial charge is 0.254 e. The van der Waals surface area contributed by atoms with E-state index in [0.29, 0.717) is 19.7 Å². The van der Waals surface area contributed by atoms with Gasteiger partial charge in [-0.1, -0.05) is 6.07 Å². The lowest BCUT2D eigenvalue weighted by molar-refractivity contribution is -0.162. The van der Waals surface area contributed by atoms with E-state index < -0.39 is 5.60 Å². The van der Waals surface area contributed by atoms with E-state index in [0.717, 1.165) is 5.56 Å². The normalized spacial score (nSPS) is 22.4. The molecule has 1 aliphatic heterocycles. The molecule has 1 atom stereocenters. The van der Waals surface area contributed by atoms with Gasteiger partial charge in [-0.3, -0.25) is 14.6 Å². The van der Waals surface area contributed by atoms with Crippen molar-refractivity contribution in [1.29, 1.82) is 0 Å². The first-order valence-corrected chi connectivity index (χ1v) is 6.58. The molecule has 0 radical (unpaired) electrons. The van der Waals surface area contributed by atoms with Crippen molar-refractivity contribution in [1.82, 2.24) is 15.2 Å². The zero-order valence-electron chi connectivity index (χ0n) is 11.8. The molecule has 6 heteroatoms. The van der Waals surface area contributed by atoms with Gasteiger partial charge in [-0.15, -0.1) is 0 Å². The van der Waals surface area contributed by atoms with E-state index in [9.17, 15) is 9.59 Å². The number of pyridine rings is 1. The van der Waals surface area contributed by atoms with Gasteiger partial charge in [-0.2, -0.15) is 0 Å². The number of nitrogens with one attached hydrogen (secondary N) is 1. The highest BCUT2D eigenvalue weighted by Crippen LogP contribution is 2.18. The lowest BCUT2D eigenvalue weighted by Gasteiger charge is -2.38. The number of ether oxygens (including phenoxy) is 1. The van der Waals surface area contributed by atoms with Crippen LogP contribution in [0.5, 0.6) is 0 Å². The summed E-state index contributed by atoms with van der Waals surface area (Å²) in [7, 11) is 0. The lowest BCUT2D eigenvalue weighted by Crippen LogP contribution is -2.58. The lowest BCUT2D eigenvalue weighted by atomic mass is 10.0. The third-order valence-corrected chi connectivity index (χ3v) is 3.38. The summed E-state index contributed by atoms with van der Waals surface area (Å²) in [5, 5.41) is 2.83. The number of aromatic nitrogens is 1. The summed E-state index contributed by atoms with van der Waals surface area (Å²) in [6.07, 6.45) is 3.38. The fourth-order valence-electron chi connectivity index (χ4n) is 2.15. The molecule has 1 unspecified atom stereocenters. The molecule has 2 amide bonds. The topological polar surface area (TPSA) is 71.5 Å². The molecule has 0 aromatic carbocycles. The number of hydrogen-bond acceptors (Lipinski definition) is 4. The molecule has 2 rings (SSSR count). The van der Waals surface area contributed by atoms with Gasteiger partial charge in [0.05, 0.1) is 13.2 Å². The molecule has 2 heterocycles. The van der Waals surface area contributed by atoms with Crippen LogP contribution in [0, 0.1) is 0 Å².